The van der Waals surface area contributed by atoms with Gasteiger partial charge in [0.05, 0.1) is 10.5 Å². The molecule has 1 aliphatic heterocycles. The monoisotopic (exact) mass is 308 g/mol. The Bertz CT molecular complexity index is 688. The fourth-order valence-corrected chi connectivity index (χ4v) is 2.51. The maximum atomic E-state index is 11.1. The number of anilines is 1. The van der Waals surface area contributed by atoms with Crippen LogP contribution in [0.5, 0.6) is 0 Å². The van der Waals surface area contributed by atoms with Crippen LogP contribution in [-0.2, 0) is 0 Å². The number of hydrogen-bond acceptors (Lipinski definition) is 6. The van der Waals surface area contributed by atoms with Gasteiger partial charge in [-0.2, -0.15) is 4.98 Å². The highest BCUT2D eigenvalue weighted by Gasteiger charge is 2.24. The fraction of sp³-hybridized carbons (Fsp3) is 0.333. The Morgan fingerprint density at radius 3 is 3.00 bits per heavy atom. The summed E-state index contributed by atoms with van der Waals surface area (Å²) in [5, 5.41) is 18.3. The molecule has 0 amide bonds. The predicted octanol–water partition coefficient (Wildman–Crippen LogP) is 1.57. The van der Waals surface area contributed by atoms with Crippen molar-refractivity contribution in [1.29, 1.82) is 0 Å². The van der Waals surface area contributed by atoms with Crippen LogP contribution in [0.4, 0.5) is 11.6 Å². The molecule has 1 unspecified atom stereocenters. The largest absolute Gasteiger partial charge is 0.338 e. The van der Waals surface area contributed by atoms with Gasteiger partial charge in [0, 0.05) is 30.2 Å². The van der Waals surface area contributed by atoms with Gasteiger partial charge in [-0.15, -0.1) is 5.10 Å². The van der Waals surface area contributed by atoms with E-state index in [1.54, 1.807) is 12.1 Å². The van der Waals surface area contributed by atoms with Gasteiger partial charge in [-0.3, -0.25) is 15.2 Å². The Kier molecular flexibility index (Phi) is 3.48. The fourth-order valence-electron chi connectivity index (χ4n) is 2.34. The van der Waals surface area contributed by atoms with Crippen LogP contribution in [-0.4, -0.2) is 39.2 Å². The van der Waals surface area contributed by atoms with E-state index < -0.39 is 4.92 Å². The minimum atomic E-state index is -0.491. The molecule has 1 saturated heterocycles. The van der Waals surface area contributed by atoms with Gasteiger partial charge in [-0.1, -0.05) is 11.6 Å². The molecule has 3 rings (SSSR count). The van der Waals surface area contributed by atoms with E-state index in [4.69, 9.17) is 17.3 Å². The first kappa shape index (κ1) is 13.8. The van der Waals surface area contributed by atoms with Crippen LogP contribution >= 0.6 is 11.6 Å². The summed E-state index contributed by atoms with van der Waals surface area (Å²) < 4.78 is 0. The number of nitrogens with one attached hydrogen (secondary N) is 1. The number of nitro groups is 1. The van der Waals surface area contributed by atoms with E-state index in [1.165, 1.54) is 6.07 Å². The maximum Gasteiger partial charge on any atom is 0.281 e. The van der Waals surface area contributed by atoms with Crippen LogP contribution in [0, 0.1) is 10.1 Å². The van der Waals surface area contributed by atoms with Crippen molar-refractivity contribution in [1.82, 2.24) is 15.2 Å². The standard InChI is InChI=1S/C12H13ClN6O2/c13-7-1-2-9(10(5-7)19(20)21)11-15-12(17-16-11)18-4-3-8(14)6-18/h1-2,5,8H,3-4,6,14H2,(H,15,16,17). The van der Waals surface area contributed by atoms with Crippen molar-refractivity contribution in [3.05, 3.63) is 33.3 Å². The number of hydrogen-bond donors (Lipinski definition) is 2. The number of rotatable bonds is 3. The van der Waals surface area contributed by atoms with Crippen LogP contribution in [0.2, 0.25) is 5.02 Å². The Morgan fingerprint density at radius 2 is 2.33 bits per heavy atom. The van der Waals surface area contributed by atoms with Crippen LogP contribution in [0.1, 0.15) is 6.42 Å². The summed E-state index contributed by atoms with van der Waals surface area (Å²) in [7, 11) is 0. The Labute approximate surface area is 125 Å². The summed E-state index contributed by atoms with van der Waals surface area (Å²) in [6.07, 6.45) is 0.880. The molecule has 1 atom stereocenters. The van der Waals surface area contributed by atoms with E-state index in [9.17, 15) is 10.1 Å². The molecule has 3 N–H and O–H groups in total. The molecule has 0 saturated carbocycles. The second kappa shape index (κ2) is 5.30. The SMILES string of the molecule is NC1CCN(c2n[nH]c(-c3ccc(Cl)cc3[N+](=O)[O-])n2)C1. The highest BCUT2D eigenvalue weighted by molar-refractivity contribution is 6.30. The molecule has 21 heavy (non-hydrogen) atoms. The molecular formula is C12H13ClN6O2. The zero-order chi connectivity index (χ0) is 15.0. The number of aromatic amines is 1. The lowest BCUT2D eigenvalue weighted by molar-refractivity contribution is -0.384. The van der Waals surface area contributed by atoms with Gasteiger partial charge in [-0.25, -0.2) is 0 Å². The van der Waals surface area contributed by atoms with Gasteiger partial charge < -0.3 is 10.6 Å². The van der Waals surface area contributed by atoms with Crippen molar-refractivity contribution in [3.63, 3.8) is 0 Å². The lowest BCUT2D eigenvalue weighted by Gasteiger charge is -2.11. The van der Waals surface area contributed by atoms with E-state index in [0.717, 1.165) is 13.0 Å². The third-order valence-corrected chi connectivity index (χ3v) is 3.63. The molecule has 0 radical (unpaired) electrons. The first-order valence-corrected chi connectivity index (χ1v) is 6.79. The summed E-state index contributed by atoms with van der Waals surface area (Å²) in [6.45, 7) is 1.46. The van der Waals surface area contributed by atoms with Crippen molar-refractivity contribution in [3.8, 4) is 11.4 Å². The summed E-state index contributed by atoms with van der Waals surface area (Å²) in [5.41, 5.74) is 6.09. The van der Waals surface area contributed by atoms with Gasteiger partial charge in [0.25, 0.3) is 5.69 Å². The topological polar surface area (TPSA) is 114 Å². The molecule has 0 bridgehead atoms. The van der Waals surface area contributed by atoms with Crippen LogP contribution < -0.4 is 10.6 Å². The van der Waals surface area contributed by atoms with Gasteiger partial charge in [-0.05, 0) is 18.6 Å². The third kappa shape index (κ3) is 2.67. The summed E-state index contributed by atoms with van der Waals surface area (Å²) in [6, 6.07) is 4.54. The number of nitro benzene ring substituents is 1. The molecule has 1 aromatic carbocycles. The van der Waals surface area contributed by atoms with Crippen molar-refractivity contribution >= 4 is 23.2 Å². The van der Waals surface area contributed by atoms with Gasteiger partial charge >= 0.3 is 0 Å². The van der Waals surface area contributed by atoms with E-state index in [0.29, 0.717) is 28.9 Å². The van der Waals surface area contributed by atoms with Crippen molar-refractivity contribution < 1.29 is 4.92 Å². The first-order chi connectivity index (χ1) is 10.0. The van der Waals surface area contributed by atoms with E-state index in [1.807, 2.05) is 4.90 Å². The van der Waals surface area contributed by atoms with Gasteiger partial charge in [0.15, 0.2) is 5.82 Å². The number of nitrogens with zero attached hydrogens (tertiary/aromatic N) is 4. The minimum Gasteiger partial charge on any atom is -0.338 e. The lowest BCUT2D eigenvalue weighted by atomic mass is 10.2. The molecule has 0 spiro atoms. The average Bonchev–Trinajstić information content (AvgIpc) is 3.07. The number of aromatic nitrogens is 3. The summed E-state index contributed by atoms with van der Waals surface area (Å²) in [5.74, 6) is 0.844. The zero-order valence-corrected chi connectivity index (χ0v) is 11.7. The molecule has 1 fully saturated rings. The van der Waals surface area contributed by atoms with Crippen molar-refractivity contribution in [2.75, 3.05) is 18.0 Å². The molecule has 0 aliphatic carbocycles. The smallest absolute Gasteiger partial charge is 0.281 e. The van der Waals surface area contributed by atoms with E-state index in [2.05, 4.69) is 15.2 Å². The molecule has 2 aromatic rings. The Morgan fingerprint density at radius 1 is 1.52 bits per heavy atom. The first-order valence-electron chi connectivity index (χ1n) is 6.42. The van der Waals surface area contributed by atoms with Gasteiger partial charge in [0.2, 0.25) is 5.95 Å². The van der Waals surface area contributed by atoms with Crippen LogP contribution in [0.3, 0.4) is 0 Å². The Hall–Kier alpha value is -2.19. The highest BCUT2D eigenvalue weighted by Crippen LogP contribution is 2.31. The highest BCUT2D eigenvalue weighted by atomic mass is 35.5. The summed E-state index contributed by atoms with van der Waals surface area (Å²) >= 11 is 5.80. The minimum absolute atomic E-state index is 0.108. The third-order valence-electron chi connectivity index (χ3n) is 3.39. The quantitative estimate of drug-likeness (QED) is 0.657. The second-order valence-corrected chi connectivity index (χ2v) is 5.33. The normalized spacial score (nSPS) is 18.2. The molecule has 110 valence electrons. The van der Waals surface area contributed by atoms with E-state index >= 15 is 0 Å². The molecule has 1 aromatic heterocycles. The number of H-pyrrole nitrogens is 1. The average molecular weight is 309 g/mol. The second-order valence-electron chi connectivity index (χ2n) is 4.90. The predicted molar refractivity (Wildman–Crippen MR) is 78.3 cm³/mol. The zero-order valence-electron chi connectivity index (χ0n) is 11.0. The van der Waals surface area contributed by atoms with Crippen LogP contribution in [0.15, 0.2) is 18.2 Å². The maximum absolute atomic E-state index is 11.1. The van der Waals surface area contributed by atoms with Crippen molar-refractivity contribution in [2.45, 2.75) is 12.5 Å². The number of halogens is 1. The number of benzene rings is 1. The Balaban J connectivity index is 1.95. The van der Waals surface area contributed by atoms with Crippen molar-refractivity contribution in [2.24, 2.45) is 5.73 Å². The molecule has 9 heteroatoms. The number of nitrogens with two attached hydrogens (primary N) is 1. The lowest BCUT2D eigenvalue weighted by Crippen LogP contribution is -2.26. The van der Waals surface area contributed by atoms with E-state index in [-0.39, 0.29) is 11.7 Å². The molecule has 1 aliphatic rings. The van der Waals surface area contributed by atoms with Gasteiger partial charge in [0.1, 0.15) is 0 Å². The van der Waals surface area contributed by atoms with Crippen LogP contribution in [0.25, 0.3) is 11.4 Å². The molecule has 8 nitrogen and oxygen atoms in total. The summed E-state index contributed by atoms with van der Waals surface area (Å²) in [4.78, 5) is 16.9. The molecule has 2 heterocycles. The molecular weight excluding hydrogens is 296 g/mol.